The van der Waals surface area contributed by atoms with Crippen molar-refractivity contribution in [1.82, 2.24) is 19.4 Å². The molecule has 0 radical (unpaired) electrons. The lowest BCUT2D eigenvalue weighted by atomic mass is 10.1. The summed E-state index contributed by atoms with van der Waals surface area (Å²) in [6.45, 7) is 6.81. The Morgan fingerprint density at radius 2 is 1.82 bits per heavy atom. The number of carboxylic acids is 1. The molecule has 2 aromatic carbocycles. The van der Waals surface area contributed by atoms with E-state index in [1.54, 1.807) is 30.3 Å². The standard InChI is InChI=1S/C30H32N4O6/c1-20-2-5-22(6-3-20)39-19-24-7-9-27(40-24)29(35)33-13-11-32(12-14-33)18-28-31-25-8-4-21(30(36)37)16-26(25)34(28)17-23-10-15-38-23/h2-9,16,23H,10-15,17-19H2,1H3,(H,36,37)/t23-/m0/s1. The van der Waals surface area contributed by atoms with Crippen LogP contribution >= 0.6 is 0 Å². The Balaban J connectivity index is 1.07. The number of carbonyl (C=O) groups is 2. The predicted octanol–water partition coefficient (Wildman–Crippen LogP) is 3.96. The number of fused-ring (bicyclic) bond motifs is 1. The largest absolute Gasteiger partial charge is 0.486 e. The van der Waals surface area contributed by atoms with Crippen molar-refractivity contribution in [2.24, 2.45) is 0 Å². The molecule has 0 unspecified atom stereocenters. The highest BCUT2D eigenvalue weighted by Gasteiger charge is 2.27. The average Bonchev–Trinajstić information content (AvgIpc) is 3.54. The molecular weight excluding hydrogens is 512 g/mol. The Morgan fingerprint density at radius 3 is 2.52 bits per heavy atom. The Bertz CT molecular complexity index is 1510. The van der Waals surface area contributed by atoms with Gasteiger partial charge >= 0.3 is 5.97 Å². The fourth-order valence-electron chi connectivity index (χ4n) is 5.09. The number of carbonyl (C=O) groups excluding carboxylic acids is 1. The van der Waals surface area contributed by atoms with E-state index in [0.717, 1.165) is 41.2 Å². The molecular formula is C30H32N4O6. The molecule has 208 valence electrons. The third kappa shape index (κ3) is 5.59. The minimum absolute atomic E-state index is 0.111. The first kappa shape index (κ1) is 26.1. The number of ether oxygens (including phenoxy) is 2. The number of aromatic nitrogens is 2. The lowest BCUT2D eigenvalue weighted by molar-refractivity contribution is -0.0592. The summed E-state index contributed by atoms with van der Waals surface area (Å²) >= 11 is 0. The molecule has 4 aromatic rings. The quantitative estimate of drug-likeness (QED) is 0.337. The maximum atomic E-state index is 13.1. The zero-order chi connectivity index (χ0) is 27.6. The number of aromatic carboxylic acids is 1. The molecule has 0 spiro atoms. The van der Waals surface area contributed by atoms with E-state index in [1.165, 1.54) is 0 Å². The molecule has 6 rings (SSSR count). The molecule has 4 heterocycles. The number of carboxylic acid groups (broad SMARTS) is 1. The average molecular weight is 545 g/mol. The highest BCUT2D eigenvalue weighted by Crippen LogP contribution is 2.24. The van der Waals surface area contributed by atoms with Crippen LogP contribution in [0.4, 0.5) is 0 Å². The van der Waals surface area contributed by atoms with Gasteiger partial charge in [0, 0.05) is 32.8 Å². The van der Waals surface area contributed by atoms with Crippen LogP contribution in [0.2, 0.25) is 0 Å². The van der Waals surface area contributed by atoms with Gasteiger partial charge in [-0.1, -0.05) is 17.7 Å². The molecule has 10 nitrogen and oxygen atoms in total. The number of nitrogens with zero attached hydrogens (tertiary/aromatic N) is 4. The van der Waals surface area contributed by atoms with Gasteiger partial charge in [-0.05, 0) is 55.8 Å². The van der Waals surface area contributed by atoms with Gasteiger partial charge in [0.05, 0.1) is 35.8 Å². The summed E-state index contributed by atoms with van der Waals surface area (Å²) in [6, 6.07) is 16.3. The normalized spacial score (nSPS) is 17.6. The van der Waals surface area contributed by atoms with E-state index in [2.05, 4.69) is 9.47 Å². The maximum absolute atomic E-state index is 13.1. The number of hydrogen-bond donors (Lipinski definition) is 1. The van der Waals surface area contributed by atoms with Gasteiger partial charge in [-0.3, -0.25) is 9.69 Å². The van der Waals surface area contributed by atoms with Crippen LogP contribution in [-0.2, 0) is 24.4 Å². The van der Waals surface area contributed by atoms with Gasteiger partial charge in [-0.25, -0.2) is 9.78 Å². The third-order valence-corrected chi connectivity index (χ3v) is 7.55. The third-order valence-electron chi connectivity index (χ3n) is 7.55. The topological polar surface area (TPSA) is 110 Å². The van der Waals surface area contributed by atoms with Crippen molar-refractivity contribution in [3.8, 4) is 5.75 Å². The number of aryl methyl sites for hydroxylation is 1. The fourth-order valence-corrected chi connectivity index (χ4v) is 5.09. The van der Waals surface area contributed by atoms with Crippen molar-refractivity contribution in [1.29, 1.82) is 0 Å². The van der Waals surface area contributed by atoms with Crippen molar-refractivity contribution >= 4 is 22.9 Å². The van der Waals surface area contributed by atoms with E-state index >= 15 is 0 Å². The number of hydrogen-bond acceptors (Lipinski definition) is 7. The van der Waals surface area contributed by atoms with Gasteiger partial charge in [0.15, 0.2) is 5.76 Å². The molecule has 2 aromatic heterocycles. The van der Waals surface area contributed by atoms with Gasteiger partial charge in [0.25, 0.3) is 5.91 Å². The maximum Gasteiger partial charge on any atom is 0.335 e. The summed E-state index contributed by atoms with van der Waals surface area (Å²) in [6.07, 6.45) is 1.09. The minimum atomic E-state index is -0.959. The lowest BCUT2D eigenvalue weighted by Crippen LogP contribution is -2.48. The molecule has 1 atom stereocenters. The molecule has 2 aliphatic heterocycles. The van der Waals surface area contributed by atoms with E-state index in [-0.39, 0.29) is 24.2 Å². The number of benzene rings is 2. The second kappa shape index (κ2) is 11.1. The van der Waals surface area contributed by atoms with Crippen LogP contribution in [0, 0.1) is 6.92 Å². The van der Waals surface area contributed by atoms with Crippen LogP contribution in [0.25, 0.3) is 11.0 Å². The fraction of sp³-hybridized carbons (Fsp3) is 0.367. The number of amides is 1. The lowest BCUT2D eigenvalue weighted by Gasteiger charge is -2.34. The van der Waals surface area contributed by atoms with Crippen LogP contribution in [-0.4, -0.2) is 75.2 Å². The van der Waals surface area contributed by atoms with Gasteiger partial charge in [0.2, 0.25) is 0 Å². The Hall–Kier alpha value is -4.15. The predicted molar refractivity (Wildman–Crippen MR) is 146 cm³/mol. The summed E-state index contributed by atoms with van der Waals surface area (Å²) in [7, 11) is 0. The molecule has 1 N–H and O–H groups in total. The molecule has 2 aliphatic rings. The van der Waals surface area contributed by atoms with Crippen LogP contribution in [0.1, 0.15) is 44.5 Å². The Labute approximate surface area is 231 Å². The van der Waals surface area contributed by atoms with Crippen LogP contribution in [0.5, 0.6) is 5.75 Å². The van der Waals surface area contributed by atoms with Crippen molar-refractivity contribution in [2.75, 3.05) is 32.8 Å². The zero-order valence-corrected chi connectivity index (χ0v) is 22.4. The number of furan rings is 1. The summed E-state index contributed by atoms with van der Waals surface area (Å²) in [5.74, 6) is 1.45. The molecule has 0 aliphatic carbocycles. The molecule has 1 amide bonds. The van der Waals surface area contributed by atoms with E-state index in [9.17, 15) is 14.7 Å². The summed E-state index contributed by atoms with van der Waals surface area (Å²) < 4.78 is 19.3. The van der Waals surface area contributed by atoms with Crippen LogP contribution < -0.4 is 4.74 Å². The van der Waals surface area contributed by atoms with Crippen molar-refractivity contribution in [3.05, 3.63) is 83.1 Å². The highest BCUT2D eigenvalue weighted by atomic mass is 16.5. The summed E-state index contributed by atoms with van der Waals surface area (Å²) in [5, 5.41) is 9.47. The molecule has 40 heavy (non-hydrogen) atoms. The second-order valence-electron chi connectivity index (χ2n) is 10.4. The monoisotopic (exact) mass is 544 g/mol. The molecule has 2 fully saturated rings. The smallest absolute Gasteiger partial charge is 0.335 e. The number of piperazine rings is 1. The van der Waals surface area contributed by atoms with Crippen molar-refractivity contribution in [2.45, 2.75) is 39.1 Å². The first-order chi connectivity index (χ1) is 19.4. The molecule has 10 heteroatoms. The molecule has 0 bridgehead atoms. The molecule has 0 saturated carbocycles. The molecule has 2 saturated heterocycles. The van der Waals surface area contributed by atoms with Crippen LogP contribution in [0.15, 0.2) is 59.0 Å². The second-order valence-corrected chi connectivity index (χ2v) is 10.4. The van der Waals surface area contributed by atoms with Crippen molar-refractivity contribution in [3.63, 3.8) is 0 Å². The SMILES string of the molecule is Cc1ccc(OCc2ccc(C(=O)N3CCN(Cc4nc5ccc(C(=O)O)cc5n4C[C@@H]4CCO4)CC3)o2)cc1. The minimum Gasteiger partial charge on any atom is -0.486 e. The van der Waals surface area contributed by atoms with Gasteiger partial charge < -0.3 is 28.5 Å². The van der Waals surface area contributed by atoms with Gasteiger partial charge in [0.1, 0.15) is 23.9 Å². The number of imidazole rings is 1. The Kier molecular flexibility index (Phi) is 7.27. The van der Waals surface area contributed by atoms with Gasteiger partial charge in [-0.15, -0.1) is 0 Å². The van der Waals surface area contributed by atoms with E-state index in [4.69, 9.17) is 18.9 Å². The number of rotatable bonds is 9. The van der Waals surface area contributed by atoms with Gasteiger partial charge in [-0.2, -0.15) is 0 Å². The highest BCUT2D eigenvalue weighted by molar-refractivity contribution is 5.92. The van der Waals surface area contributed by atoms with E-state index in [0.29, 0.717) is 50.8 Å². The Morgan fingerprint density at radius 1 is 1.05 bits per heavy atom. The summed E-state index contributed by atoms with van der Waals surface area (Å²) in [5.41, 5.74) is 2.98. The van der Waals surface area contributed by atoms with E-state index < -0.39 is 5.97 Å². The first-order valence-corrected chi connectivity index (χ1v) is 13.6. The zero-order valence-electron chi connectivity index (χ0n) is 22.4. The van der Waals surface area contributed by atoms with Crippen molar-refractivity contribution < 1.29 is 28.6 Å². The van der Waals surface area contributed by atoms with Crippen LogP contribution in [0.3, 0.4) is 0 Å². The van der Waals surface area contributed by atoms with E-state index in [1.807, 2.05) is 36.1 Å². The first-order valence-electron chi connectivity index (χ1n) is 13.6. The summed E-state index contributed by atoms with van der Waals surface area (Å²) in [4.78, 5) is 33.6.